The smallest absolute Gasteiger partial charge is 0.358 e. The fourth-order valence-electron chi connectivity index (χ4n) is 1.32. The van der Waals surface area contributed by atoms with Crippen LogP contribution in [0, 0.1) is 6.92 Å². The second-order valence-corrected chi connectivity index (χ2v) is 4.84. The van der Waals surface area contributed by atoms with E-state index < -0.39 is 5.97 Å². The number of aromatic nitrogens is 1. The van der Waals surface area contributed by atoms with E-state index in [2.05, 4.69) is 10.3 Å². The van der Waals surface area contributed by atoms with Crippen molar-refractivity contribution in [1.29, 1.82) is 0 Å². The van der Waals surface area contributed by atoms with Crippen molar-refractivity contribution in [2.45, 2.75) is 26.7 Å². The van der Waals surface area contributed by atoms with Crippen LogP contribution >= 0.6 is 11.3 Å². The van der Waals surface area contributed by atoms with Gasteiger partial charge in [0.2, 0.25) is 5.91 Å². The van der Waals surface area contributed by atoms with Crippen LogP contribution in [0.3, 0.4) is 0 Å². The van der Waals surface area contributed by atoms with Crippen LogP contribution in [0.5, 0.6) is 0 Å². The minimum absolute atomic E-state index is 0.320. The number of esters is 1. The molecule has 0 fully saturated rings. The Labute approximate surface area is 110 Å². The third kappa shape index (κ3) is 4.33. The van der Waals surface area contributed by atoms with Crippen LogP contribution < -0.4 is 11.1 Å². The van der Waals surface area contributed by atoms with Gasteiger partial charge in [0.05, 0.1) is 6.61 Å². The van der Waals surface area contributed by atoms with Gasteiger partial charge in [-0.05, 0) is 20.3 Å². The number of hydrogen-bond acceptors (Lipinski definition) is 6. The number of carbonyl (C=O) groups is 2. The number of nitrogens with zero attached hydrogens (tertiary/aromatic N) is 1. The summed E-state index contributed by atoms with van der Waals surface area (Å²) in [7, 11) is 0. The standard InChI is InChI=1S/C11H17N3O3S/c1-3-17-10(16)9-7(2)18-11(14-9)13-6-4-5-8(12)15/h3-6H2,1-2H3,(H2,12,15)(H,13,14). The minimum Gasteiger partial charge on any atom is -0.461 e. The molecule has 1 amide bonds. The summed E-state index contributed by atoms with van der Waals surface area (Å²) < 4.78 is 4.90. The Hall–Kier alpha value is -1.63. The van der Waals surface area contributed by atoms with Gasteiger partial charge in [0, 0.05) is 17.8 Å². The number of anilines is 1. The highest BCUT2D eigenvalue weighted by atomic mass is 32.1. The van der Waals surface area contributed by atoms with Crippen molar-refractivity contribution in [3.05, 3.63) is 10.6 Å². The maximum atomic E-state index is 11.5. The molecule has 3 N–H and O–H groups in total. The van der Waals surface area contributed by atoms with Gasteiger partial charge in [-0.15, -0.1) is 11.3 Å². The highest BCUT2D eigenvalue weighted by Crippen LogP contribution is 2.22. The molecule has 0 aliphatic rings. The molecule has 1 heterocycles. The van der Waals surface area contributed by atoms with Gasteiger partial charge >= 0.3 is 5.97 Å². The fourth-order valence-corrected chi connectivity index (χ4v) is 2.15. The summed E-state index contributed by atoms with van der Waals surface area (Å²) in [6, 6.07) is 0. The molecule has 0 spiro atoms. The van der Waals surface area contributed by atoms with Crippen molar-refractivity contribution in [1.82, 2.24) is 4.98 Å². The number of amides is 1. The zero-order chi connectivity index (χ0) is 13.5. The van der Waals surface area contributed by atoms with Crippen LogP contribution in [0.4, 0.5) is 5.13 Å². The Morgan fingerprint density at radius 2 is 2.22 bits per heavy atom. The number of aryl methyl sites for hydroxylation is 1. The highest BCUT2D eigenvalue weighted by Gasteiger charge is 2.16. The van der Waals surface area contributed by atoms with Crippen molar-refractivity contribution >= 4 is 28.3 Å². The third-order valence-corrected chi connectivity index (χ3v) is 3.07. The Morgan fingerprint density at radius 3 is 2.83 bits per heavy atom. The molecule has 1 aromatic rings. The van der Waals surface area contributed by atoms with E-state index in [0.29, 0.717) is 36.8 Å². The molecule has 0 atom stereocenters. The monoisotopic (exact) mass is 271 g/mol. The Morgan fingerprint density at radius 1 is 1.50 bits per heavy atom. The Balaban J connectivity index is 2.50. The maximum Gasteiger partial charge on any atom is 0.358 e. The summed E-state index contributed by atoms with van der Waals surface area (Å²) in [5.74, 6) is -0.726. The lowest BCUT2D eigenvalue weighted by molar-refractivity contribution is -0.118. The first-order chi connectivity index (χ1) is 8.54. The highest BCUT2D eigenvalue weighted by molar-refractivity contribution is 7.15. The first-order valence-electron chi connectivity index (χ1n) is 5.71. The SMILES string of the molecule is CCOC(=O)c1nc(NCCCC(N)=O)sc1C. The molecule has 1 aromatic heterocycles. The molecular weight excluding hydrogens is 254 g/mol. The normalized spacial score (nSPS) is 10.1. The molecule has 0 aliphatic carbocycles. The fraction of sp³-hybridized carbons (Fsp3) is 0.545. The zero-order valence-electron chi connectivity index (χ0n) is 10.5. The van der Waals surface area contributed by atoms with Gasteiger partial charge in [-0.25, -0.2) is 9.78 Å². The quantitative estimate of drug-likeness (QED) is 0.576. The first kappa shape index (κ1) is 14.4. The van der Waals surface area contributed by atoms with E-state index in [-0.39, 0.29) is 5.91 Å². The van der Waals surface area contributed by atoms with E-state index in [9.17, 15) is 9.59 Å². The molecule has 0 unspecified atom stereocenters. The van der Waals surface area contributed by atoms with Crippen molar-refractivity contribution in [2.75, 3.05) is 18.5 Å². The van der Waals surface area contributed by atoms with Gasteiger partial charge in [-0.1, -0.05) is 0 Å². The predicted octanol–water partition coefficient (Wildman–Crippen LogP) is 1.31. The molecule has 0 saturated heterocycles. The number of carbonyl (C=O) groups excluding carboxylic acids is 2. The second-order valence-electron chi connectivity index (χ2n) is 3.64. The Kier molecular flexibility index (Phi) is 5.57. The number of primary amides is 1. The zero-order valence-corrected chi connectivity index (χ0v) is 11.3. The molecule has 0 aliphatic heterocycles. The summed E-state index contributed by atoms with van der Waals surface area (Å²) in [4.78, 5) is 27.1. The van der Waals surface area contributed by atoms with Crippen LogP contribution in [-0.4, -0.2) is 30.0 Å². The van der Waals surface area contributed by atoms with Crippen LogP contribution in [0.2, 0.25) is 0 Å². The predicted molar refractivity (Wildman–Crippen MR) is 69.7 cm³/mol. The number of ether oxygens (including phenoxy) is 1. The first-order valence-corrected chi connectivity index (χ1v) is 6.53. The number of nitrogens with one attached hydrogen (secondary N) is 1. The summed E-state index contributed by atoms with van der Waals surface area (Å²) in [6.45, 7) is 4.50. The number of rotatable bonds is 7. The average molecular weight is 271 g/mol. The van der Waals surface area contributed by atoms with Crippen molar-refractivity contribution in [3.8, 4) is 0 Å². The van der Waals surface area contributed by atoms with E-state index in [1.165, 1.54) is 11.3 Å². The van der Waals surface area contributed by atoms with Crippen molar-refractivity contribution < 1.29 is 14.3 Å². The number of hydrogen-bond donors (Lipinski definition) is 2. The maximum absolute atomic E-state index is 11.5. The molecule has 18 heavy (non-hydrogen) atoms. The van der Waals surface area contributed by atoms with Crippen molar-refractivity contribution in [2.24, 2.45) is 5.73 Å². The van der Waals surface area contributed by atoms with E-state index in [1.54, 1.807) is 6.92 Å². The molecule has 0 bridgehead atoms. The second kappa shape index (κ2) is 6.95. The molecule has 1 rings (SSSR count). The van der Waals surface area contributed by atoms with Gasteiger partial charge in [0.25, 0.3) is 0 Å². The summed E-state index contributed by atoms with van der Waals surface area (Å²) >= 11 is 1.39. The van der Waals surface area contributed by atoms with Crippen molar-refractivity contribution in [3.63, 3.8) is 0 Å². The molecule has 100 valence electrons. The van der Waals surface area contributed by atoms with E-state index in [1.807, 2.05) is 6.92 Å². The molecule has 6 nitrogen and oxygen atoms in total. The number of thiazole rings is 1. The summed E-state index contributed by atoms with van der Waals surface area (Å²) in [5.41, 5.74) is 5.38. The van der Waals surface area contributed by atoms with Crippen LogP contribution in [-0.2, 0) is 9.53 Å². The van der Waals surface area contributed by atoms with Gasteiger partial charge in [0.1, 0.15) is 0 Å². The molecule has 0 radical (unpaired) electrons. The molecule has 0 aromatic carbocycles. The molecule has 7 heteroatoms. The van der Waals surface area contributed by atoms with Gasteiger partial charge in [0.15, 0.2) is 10.8 Å². The van der Waals surface area contributed by atoms with E-state index >= 15 is 0 Å². The lowest BCUT2D eigenvalue weighted by Gasteiger charge is -2.00. The van der Waals surface area contributed by atoms with Crippen LogP contribution in [0.15, 0.2) is 0 Å². The van der Waals surface area contributed by atoms with Gasteiger partial charge in [-0.3, -0.25) is 4.79 Å². The third-order valence-electron chi connectivity index (χ3n) is 2.14. The summed E-state index contributed by atoms with van der Waals surface area (Å²) in [5, 5.41) is 3.70. The van der Waals surface area contributed by atoms with Gasteiger partial charge < -0.3 is 15.8 Å². The number of nitrogens with two attached hydrogens (primary N) is 1. The lowest BCUT2D eigenvalue weighted by atomic mass is 10.3. The topological polar surface area (TPSA) is 94.3 Å². The average Bonchev–Trinajstić information content (AvgIpc) is 2.66. The molecule has 0 saturated carbocycles. The molecular formula is C11H17N3O3S. The van der Waals surface area contributed by atoms with E-state index in [4.69, 9.17) is 10.5 Å². The Bertz CT molecular complexity index is 431. The largest absolute Gasteiger partial charge is 0.461 e. The lowest BCUT2D eigenvalue weighted by Crippen LogP contribution is -2.12. The summed E-state index contributed by atoms with van der Waals surface area (Å²) in [6.07, 6.45) is 0.977. The van der Waals surface area contributed by atoms with Crippen LogP contribution in [0.1, 0.15) is 35.1 Å². The van der Waals surface area contributed by atoms with E-state index in [0.717, 1.165) is 4.88 Å². The minimum atomic E-state index is -0.406. The van der Waals surface area contributed by atoms with Gasteiger partial charge in [-0.2, -0.15) is 0 Å². The van der Waals surface area contributed by atoms with Crippen LogP contribution in [0.25, 0.3) is 0 Å².